The topological polar surface area (TPSA) is 75.3 Å². The molecule has 2 atom stereocenters. The second-order valence-corrected chi connectivity index (χ2v) is 5.59. The molecule has 1 amide bonds. The van der Waals surface area contributed by atoms with Crippen LogP contribution >= 0.6 is 0 Å². The number of anilines is 1. The number of nitrogens with two attached hydrogens (primary N) is 1. The van der Waals surface area contributed by atoms with Crippen LogP contribution < -0.4 is 10.6 Å². The van der Waals surface area contributed by atoms with Crippen LogP contribution in [0.15, 0.2) is 12.1 Å². The van der Waals surface area contributed by atoms with Crippen LogP contribution in [-0.4, -0.2) is 53.7 Å². The van der Waals surface area contributed by atoms with Crippen molar-refractivity contribution in [1.29, 1.82) is 0 Å². The summed E-state index contributed by atoms with van der Waals surface area (Å²) in [6.07, 6.45) is 3.42. The summed E-state index contributed by atoms with van der Waals surface area (Å²) in [4.78, 5) is 15.5. The molecule has 1 saturated heterocycles. The quantitative estimate of drug-likeness (QED) is 0.888. The van der Waals surface area contributed by atoms with Gasteiger partial charge in [-0.25, -0.2) is 0 Å². The van der Waals surface area contributed by atoms with E-state index in [2.05, 4.69) is 15.1 Å². The summed E-state index contributed by atoms with van der Waals surface area (Å²) in [7, 11) is 3.41. The first-order valence-corrected chi connectivity index (χ1v) is 7.08. The van der Waals surface area contributed by atoms with E-state index in [1.807, 2.05) is 13.0 Å². The van der Waals surface area contributed by atoms with Crippen molar-refractivity contribution in [3.63, 3.8) is 0 Å². The molecule has 2 N–H and O–H groups in total. The Balaban J connectivity index is 2.18. The van der Waals surface area contributed by atoms with Crippen molar-refractivity contribution in [2.45, 2.75) is 38.3 Å². The smallest absolute Gasteiger partial charge is 0.273 e. The van der Waals surface area contributed by atoms with Gasteiger partial charge in [-0.1, -0.05) is 0 Å². The zero-order chi connectivity index (χ0) is 14.7. The van der Waals surface area contributed by atoms with E-state index in [1.165, 1.54) is 11.3 Å². The highest BCUT2D eigenvalue weighted by molar-refractivity contribution is 5.91. The molecular weight excluding hydrogens is 254 g/mol. The molecule has 6 nitrogen and oxygen atoms in total. The predicted octanol–water partition coefficient (Wildman–Crippen LogP) is 0.885. The molecule has 1 aliphatic heterocycles. The van der Waals surface area contributed by atoms with E-state index < -0.39 is 0 Å². The van der Waals surface area contributed by atoms with Crippen molar-refractivity contribution in [1.82, 2.24) is 15.1 Å². The molecule has 0 radical (unpaired) electrons. The largest absolute Gasteiger partial charge is 0.351 e. The van der Waals surface area contributed by atoms with Gasteiger partial charge in [-0.3, -0.25) is 4.79 Å². The van der Waals surface area contributed by atoms with Gasteiger partial charge in [0.2, 0.25) is 0 Å². The fourth-order valence-corrected chi connectivity index (χ4v) is 2.61. The van der Waals surface area contributed by atoms with Gasteiger partial charge in [0.25, 0.3) is 5.91 Å². The standard InChI is InChI=1S/C14H23N5O/c1-10(15)12-6-4-5-9-19(12)13-8-7-11(16-17-13)14(20)18(2)3/h7-8,10,12H,4-6,9,15H2,1-3H3. The minimum absolute atomic E-state index is 0.0974. The van der Waals surface area contributed by atoms with Gasteiger partial charge >= 0.3 is 0 Å². The zero-order valence-electron chi connectivity index (χ0n) is 12.4. The molecule has 0 aromatic carbocycles. The first-order valence-electron chi connectivity index (χ1n) is 7.08. The van der Waals surface area contributed by atoms with E-state index in [0.29, 0.717) is 11.7 Å². The fraction of sp³-hybridized carbons (Fsp3) is 0.643. The fourth-order valence-electron chi connectivity index (χ4n) is 2.61. The van der Waals surface area contributed by atoms with Gasteiger partial charge in [-0.15, -0.1) is 10.2 Å². The van der Waals surface area contributed by atoms with Crippen LogP contribution in [-0.2, 0) is 0 Å². The molecule has 6 heteroatoms. The number of carbonyl (C=O) groups is 1. The summed E-state index contributed by atoms with van der Waals surface area (Å²) >= 11 is 0. The highest BCUT2D eigenvalue weighted by Crippen LogP contribution is 2.24. The van der Waals surface area contributed by atoms with Crippen LogP contribution in [0.5, 0.6) is 0 Å². The summed E-state index contributed by atoms with van der Waals surface area (Å²) < 4.78 is 0. The summed E-state index contributed by atoms with van der Waals surface area (Å²) in [6, 6.07) is 4.00. The lowest BCUT2D eigenvalue weighted by molar-refractivity contribution is 0.0821. The number of piperidine rings is 1. The van der Waals surface area contributed by atoms with Crippen molar-refractivity contribution in [2.24, 2.45) is 5.73 Å². The predicted molar refractivity (Wildman–Crippen MR) is 78.7 cm³/mol. The Labute approximate surface area is 120 Å². The van der Waals surface area contributed by atoms with Crippen LogP contribution in [0, 0.1) is 0 Å². The minimum Gasteiger partial charge on any atom is -0.351 e. The number of aromatic nitrogens is 2. The molecule has 1 aromatic rings. The Hall–Kier alpha value is -1.69. The molecule has 1 aromatic heterocycles. The van der Waals surface area contributed by atoms with E-state index in [1.54, 1.807) is 20.2 Å². The third-order valence-corrected chi connectivity index (χ3v) is 3.73. The summed E-state index contributed by atoms with van der Waals surface area (Å²) in [6.45, 7) is 2.97. The molecule has 2 rings (SSSR count). The van der Waals surface area contributed by atoms with Crippen LogP contribution in [0.3, 0.4) is 0 Å². The Morgan fingerprint density at radius 1 is 1.40 bits per heavy atom. The second-order valence-electron chi connectivity index (χ2n) is 5.59. The molecule has 2 unspecified atom stereocenters. The average Bonchev–Trinajstić information content (AvgIpc) is 2.46. The Bertz CT molecular complexity index is 457. The van der Waals surface area contributed by atoms with Crippen molar-refractivity contribution < 1.29 is 4.79 Å². The van der Waals surface area contributed by atoms with E-state index in [0.717, 1.165) is 25.2 Å². The second kappa shape index (κ2) is 6.17. The maximum absolute atomic E-state index is 11.8. The summed E-state index contributed by atoms with van der Waals surface area (Å²) in [5.74, 6) is 0.675. The third-order valence-electron chi connectivity index (χ3n) is 3.73. The first-order chi connectivity index (χ1) is 9.50. The Morgan fingerprint density at radius 2 is 2.15 bits per heavy atom. The molecule has 1 fully saturated rings. The number of nitrogens with zero attached hydrogens (tertiary/aromatic N) is 4. The average molecular weight is 277 g/mol. The molecule has 0 bridgehead atoms. The molecule has 0 spiro atoms. The molecule has 110 valence electrons. The van der Waals surface area contributed by atoms with Gasteiger partial charge in [0.05, 0.1) is 0 Å². The van der Waals surface area contributed by atoms with E-state index in [9.17, 15) is 4.79 Å². The molecule has 1 aliphatic rings. The number of amides is 1. The highest BCUT2D eigenvalue weighted by Gasteiger charge is 2.26. The molecule has 20 heavy (non-hydrogen) atoms. The van der Waals surface area contributed by atoms with Crippen molar-refractivity contribution >= 4 is 11.7 Å². The van der Waals surface area contributed by atoms with Gasteiger partial charge < -0.3 is 15.5 Å². The summed E-state index contributed by atoms with van der Waals surface area (Å²) in [5, 5.41) is 8.26. The normalized spacial score (nSPS) is 20.6. The maximum Gasteiger partial charge on any atom is 0.273 e. The van der Waals surface area contributed by atoms with Gasteiger partial charge in [0, 0.05) is 32.7 Å². The minimum atomic E-state index is -0.133. The van der Waals surface area contributed by atoms with Gasteiger partial charge in [-0.2, -0.15) is 0 Å². The van der Waals surface area contributed by atoms with Crippen LogP contribution in [0.25, 0.3) is 0 Å². The number of hydrogen-bond acceptors (Lipinski definition) is 5. The van der Waals surface area contributed by atoms with Crippen LogP contribution in [0.4, 0.5) is 5.82 Å². The summed E-state index contributed by atoms with van der Waals surface area (Å²) in [5.41, 5.74) is 6.43. The zero-order valence-corrected chi connectivity index (χ0v) is 12.4. The van der Waals surface area contributed by atoms with Gasteiger partial charge in [-0.05, 0) is 38.3 Å². The van der Waals surface area contributed by atoms with Crippen molar-refractivity contribution in [3.8, 4) is 0 Å². The van der Waals surface area contributed by atoms with Crippen molar-refractivity contribution in [2.75, 3.05) is 25.5 Å². The molecule has 0 aliphatic carbocycles. The highest BCUT2D eigenvalue weighted by atomic mass is 16.2. The lowest BCUT2D eigenvalue weighted by atomic mass is 9.97. The lowest BCUT2D eigenvalue weighted by Gasteiger charge is -2.38. The molecule has 2 heterocycles. The SMILES string of the molecule is CC(N)C1CCCCN1c1ccc(C(=O)N(C)C)nn1. The lowest BCUT2D eigenvalue weighted by Crippen LogP contribution is -2.49. The van der Waals surface area contributed by atoms with Crippen LogP contribution in [0.1, 0.15) is 36.7 Å². The number of hydrogen-bond donors (Lipinski definition) is 1. The van der Waals surface area contributed by atoms with Crippen molar-refractivity contribution in [3.05, 3.63) is 17.8 Å². The monoisotopic (exact) mass is 277 g/mol. The van der Waals surface area contributed by atoms with E-state index in [4.69, 9.17) is 5.73 Å². The first kappa shape index (κ1) is 14.7. The number of rotatable bonds is 3. The van der Waals surface area contributed by atoms with Gasteiger partial charge in [0.1, 0.15) is 0 Å². The molecular formula is C14H23N5O. The third kappa shape index (κ3) is 3.07. The molecule has 0 saturated carbocycles. The Morgan fingerprint density at radius 3 is 2.70 bits per heavy atom. The Kier molecular flexibility index (Phi) is 4.54. The van der Waals surface area contributed by atoms with Gasteiger partial charge in [0.15, 0.2) is 11.5 Å². The van der Waals surface area contributed by atoms with E-state index in [-0.39, 0.29) is 11.9 Å². The maximum atomic E-state index is 11.8. The van der Waals surface area contributed by atoms with Crippen LogP contribution in [0.2, 0.25) is 0 Å². The number of carbonyl (C=O) groups excluding carboxylic acids is 1. The van der Waals surface area contributed by atoms with E-state index >= 15 is 0 Å².